The van der Waals surface area contributed by atoms with E-state index >= 15 is 0 Å². The smallest absolute Gasteiger partial charge is 0.248 e. The fraction of sp³-hybridized carbons (Fsp3) is 0.125. The van der Waals surface area contributed by atoms with Crippen LogP contribution in [0.5, 0.6) is 0 Å². The van der Waals surface area contributed by atoms with Crippen LogP contribution in [0.3, 0.4) is 0 Å². The van der Waals surface area contributed by atoms with Crippen LogP contribution in [0.4, 0.5) is 5.69 Å². The largest absolute Gasteiger partial charge is 0.324 e. The van der Waals surface area contributed by atoms with Crippen LogP contribution in [0.1, 0.15) is 5.56 Å². The predicted octanol–water partition coefficient (Wildman–Crippen LogP) is 2.89. The molecule has 2 aromatic carbocycles. The number of nitrogens with zero attached hydrogens (tertiary/aromatic N) is 4. The van der Waals surface area contributed by atoms with Gasteiger partial charge in [0, 0.05) is 14.8 Å². The molecule has 0 atom stereocenters. The molecule has 1 heterocycles. The number of benzene rings is 2. The zero-order chi connectivity index (χ0) is 16.2. The summed E-state index contributed by atoms with van der Waals surface area (Å²) >= 11 is 2.20. The van der Waals surface area contributed by atoms with Crippen LogP contribution < -0.4 is 5.32 Å². The van der Waals surface area contributed by atoms with Gasteiger partial charge in [0.05, 0.1) is 0 Å². The van der Waals surface area contributed by atoms with Gasteiger partial charge in [-0.3, -0.25) is 4.79 Å². The number of halogens is 1. The average Bonchev–Trinajstić information content (AvgIpc) is 2.96. The van der Waals surface area contributed by atoms with Gasteiger partial charge in [-0.25, -0.2) is 0 Å². The minimum Gasteiger partial charge on any atom is -0.324 e. The minimum absolute atomic E-state index is 0.0182. The molecule has 0 aliphatic rings. The van der Waals surface area contributed by atoms with Crippen molar-refractivity contribution in [3.8, 4) is 11.4 Å². The van der Waals surface area contributed by atoms with Gasteiger partial charge in [0.1, 0.15) is 6.54 Å². The Labute approximate surface area is 147 Å². The molecule has 116 valence electrons. The molecule has 0 aliphatic carbocycles. The van der Waals surface area contributed by atoms with E-state index in [1.54, 1.807) is 0 Å². The molecule has 1 aromatic heterocycles. The number of nitrogens with one attached hydrogen (secondary N) is 1. The summed E-state index contributed by atoms with van der Waals surface area (Å²) in [6.45, 7) is 2.04. The number of hydrogen-bond acceptors (Lipinski definition) is 4. The van der Waals surface area contributed by atoms with Crippen LogP contribution in [0.15, 0.2) is 48.5 Å². The molecular weight excluding hydrogens is 405 g/mol. The Morgan fingerprint density at radius 3 is 2.74 bits per heavy atom. The highest BCUT2D eigenvalue weighted by atomic mass is 127. The van der Waals surface area contributed by atoms with E-state index < -0.39 is 0 Å². The Hall–Kier alpha value is -2.29. The first-order valence-electron chi connectivity index (χ1n) is 7.00. The number of rotatable bonds is 4. The second kappa shape index (κ2) is 6.86. The molecule has 0 saturated carbocycles. The zero-order valence-corrected chi connectivity index (χ0v) is 14.6. The van der Waals surface area contributed by atoms with Crippen LogP contribution in [0.2, 0.25) is 0 Å². The Morgan fingerprint density at radius 1 is 1.22 bits per heavy atom. The first-order chi connectivity index (χ1) is 11.1. The van der Waals surface area contributed by atoms with Crippen molar-refractivity contribution in [3.05, 3.63) is 57.7 Å². The molecule has 0 bridgehead atoms. The molecule has 0 spiro atoms. The molecule has 3 aromatic rings. The summed E-state index contributed by atoms with van der Waals surface area (Å²) in [5.74, 6) is 0.312. The van der Waals surface area contributed by atoms with Crippen molar-refractivity contribution in [1.29, 1.82) is 0 Å². The van der Waals surface area contributed by atoms with Crippen molar-refractivity contribution < 1.29 is 4.79 Å². The molecule has 23 heavy (non-hydrogen) atoms. The molecule has 3 rings (SSSR count). The number of aryl methyl sites for hydroxylation is 1. The highest BCUT2D eigenvalue weighted by molar-refractivity contribution is 14.1. The first-order valence-corrected chi connectivity index (χ1v) is 8.08. The fourth-order valence-corrected chi connectivity index (χ4v) is 2.57. The Morgan fingerprint density at radius 2 is 2.00 bits per heavy atom. The summed E-state index contributed by atoms with van der Waals surface area (Å²) < 4.78 is 1.06. The van der Waals surface area contributed by atoms with Crippen molar-refractivity contribution in [3.63, 3.8) is 0 Å². The minimum atomic E-state index is -0.195. The van der Waals surface area contributed by atoms with Crippen molar-refractivity contribution in [2.24, 2.45) is 0 Å². The highest BCUT2D eigenvalue weighted by Crippen LogP contribution is 2.14. The third kappa shape index (κ3) is 4.13. The SMILES string of the molecule is Cc1ccc(-c2nnn(CC(=O)Nc3cccc(I)c3)n2)cc1. The summed E-state index contributed by atoms with van der Waals surface area (Å²) in [5, 5.41) is 15.0. The molecular formula is C16H14IN5O. The van der Waals surface area contributed by atoms with E-state index in [-0.39, 0.29) is 12.5 Å². The van der Waals surface area contributed by atoms with Gasteiger partial charge in [-0.2, -0.15) is 4.80 Å². The Balaban J connectivity index is 1.66. The monoisotopic (exact) mass is 419 g/mol. The number of aromatic nitrogens is 4. The maximum absolute atomic E-state index is 12.0. The number of carbonyl (C=O) groups is 1. The highest BCUT2D eigenvalue weighted by Gasteiger charge is 2.09. The van der Waals surface area contributed by atoms with E-state index in [4.69, 9.17) is 0 Å². The van der Waals surface area contributed by atoms with Gasteiger partial charge in [0.25, 0.3) is 0 Å². The maximum Gasteiger partial charge on any atom is 0.248 e. The fourth-order valence-electron chi connectivity index (χ4n) is 2.02. The normalized spacial score (nSPS) is 10.5. The third-order valence-corrected chi connectivity index (χ3v) is 3.83. The summed E-state index contributed by atoms with van der Waals surface area (Å²) in [6, 6.07) is 15.4. The van der Waals surface area contributed by atoms with E-state index in [1.165, 1.54) is 4.80 Å². The van der Waals surface area contributed by atoms with Crippen molar-refractivity contribution in [2.75, 3.05) is 5.32 Å². The summed E-state index contributed by atoms with van der Waals surface area (Å²) in [5.41, 5.74) is 2.79. The number of carbonyl (C=O) groups excluding carboxylic acids is 1. The van der Waals surface area contributed by atoms with Gasteiger partial charge in [0.15, 0.2) is 0 Å². The molecule has 0 fully saturated rings. The summed E-state index contributed by atoms with van der Waals surface area (Å²) in [7, 11) is 0. The van der Waals surface area contributed by atoms with Gasteiger partial charge in [-0.05, 0) is 52.9 Å². The molecule has 6 nitrogen and oxygen atoms in total. The van der Waals surface area contributed by atoms with Crippen LogP contribution in [-0.4, -0.2) is 26.1 Å². The van der Waals surface area contributed by atoms with Gasteiger partial charge < -0.3 is 5.32 Å². The lowest BCUT2D eigenvalue weighted by Crippen LogP contribution is -2.20. The molecule has 0 unspecified atom stereocenters. The van der Waals surface area contributed by atoms with Crippen molar-refractivity contribution in [1.82, 2.24) is 20.2 Å². The lowest BCUT2D eigenvalue weighted by Gasteiger charge is -2.04. The Bertz CT molecular complexity index is 828. The van der Waals surface area contributed by atoms with Crippen LogP contribution >= 0.6 is 22.6 Å². The van der Waals surface area contributed by atoms with Gasteiger partial charge >= 0.3 is 0 Å². The van der Waals surface area contributed by atoms with E-state index in [2.05, 4.69) is 43.3 Å². The molecule has 1 amide bonds. The molecule has 0 aliphatic heterocycles. The lowest BCUT2D eigenvalue weighted by molar-refractivity contribution is -0.117. The van der Waals surface area contributed by atoms with Crippen LogP contribution in [-0.2, 0) is 11.3 Å². The zero-order valence-electron chi connectivity index (χ0n) is 12.4. The number of hydrogen-bond donors (Lipinski definition) is 1. The first kappa shape index (κ1) is 15.6. The van der Waals surface area contributed by atoms with Gasteiger partial charge in [-0.15, -0.1) is 10.2 Å². The summed E-state index contributed by atoms with van der Waals surface area (Å²) in [4.78, 5) is 13.3. The standard InChI is InChI=1S/C16H14IN5O/c1-11-5-7-12(8-6-11)16-19-21-22(20-16)10-15(23)18-14-4-2-3-13(17)9-14/h2-9H,10H2,1H3,(H,18,23). The Kier molecular flexibility index (Phi) is 4.65. The molecule has 0 radical (unpaired) electrons. The molecule has 1 N–H and O–H groups in total. The number of anilines is 1. The average molecular weight is 419 g/mol. The summed E-state index contributed by atoms with van der Waals surface area (Å²) in [6.07, 6.45) is 0. The third-order valence-electron chi connectivity index (χ3n) is 3.16. The number of tetrazole rings is 1. The molecule has 7 heteroatoms. The number of amides is 1. The topological polar surface area (TPSA) is 72.7 Å². The predicted molar refractivity (Wildman–Crippen MR) is 95.8 cm³/mol. The maximum atomic E-state index is 12.0. The second-order valence-corrected chi connectivity index (χ2v) is 6.31. The van der Waals surface area contributed by atoms with Gasteiger partial charge in [-0.1, -0.05) is 35.9 Å². The van der Waals surface area contributed by atoms with E-state index in [9.17, 15) is 4.79 Å². The second-order valence-electron chi connectivity index (χ2n) is 5.07. The van der Waals surface area contributed by atoms with Crippen molar-refractivity contribution in [2.45, 2.75) is 13.5 Å². The van der Waals surface area contributed by atoms with Crippen molar-refractivity contribution >= 4 is 34.2 Å². The van der Waals surface area contributed by atoms with E-state index in [1.807, 2.05) is 55.5 Å². The van der Waals surface area contributed by atoms with Gasteiger partial charge in [0.2, 0.25) is 11.7 Å². The lowest BCUT2D eigenvalue weighted by atomic mass is 10.1. The molecule has 0 saturated heterocycles. The van der Waals surface area contributed by atoms with E-state index in [0.29, 0.717) is 5.82 Å². The van der Waals surface area contributed by atoms with Crippen LogP contribution in [0, 0.1) is 10.5 Å². The van der Waals surface area contributed by atoms with Crippen LogP contribution in [0.25, 0.3) is 11.4 Å². The van der Waals surface area contributed by atoms with E-state index in [0.717, 1.165) is 20.4 Å². The quantitative estimate of drug-likeness (QED) is 0.661.